The first kappa shape index (κ1) is 19.8. The van der Waals surface area contributed by atoms with Gasteiger partial charge in [-0.3, -0.25) is 4.79 Å². The number of nitrogens with zero attached hydrogens (tertiary/aromatic N) is 2. The molecule has 1 aliphatic rings. The summed E-state index contributed by atoms with van der Waals surface area (Å²) in [4.78, 5) is 17.2. The Morgan fingerprint density at radius 2 is 1.82 bits per heavy atom. The second-order valence-corrected chi connectivity index (χ2v) is 7.66. The first-order chi connectivity index (χ1) is 13.5. The molecule has 0 saturated carbocycles. The third-order valence-electron chi connectivity index (χ3n) is 4.73. The fourth-order valence-corrected chi connectivity index (χ4v) is 3.32. The molecule has 1 heterocycles. The van der Waals surface area contributed by atoms with E-state index in [-0.39, 0.29) is 5.91 Å². The third kappa shape index (κ3) is 5.28. The van der Waals surface area contributed by atoms with E-state index in [1.165, 1.54) is 0 Å². The normalized spacial score (nSPS) is 12.9. The van der Waals surface area contributed by atoms with E-state index in [4.69, 9.17) is 0 Å². The van der Waals surface area contributed by atoms with Crippen molar-refractivity contribution in [3.8, 4) is 0 Å². The number of hydrogen-bond donors (Lipinski definition) is 2. The van der Waals surface area contributed by atoms with E-state index >= 15 is 0 Å². The third-order valence-corrected chi connectivity index (χ3v) is 4.73. The van der Waals surface area contributed by atoms with Crippen LogP contribution < -0.4 is 20.4 Å². The fraction of sp³-hybridized carbons (Fsp3) is 0.348. The predicted molar refractivity (Wildman–Crippen MR) is 116 cm³/mol. The molecule has 148 valence electrons. The van der Waals surface area contributed by atoms with Gasteiger partial charge in [0.05, 0.1) is 19.6 Å². The van der Waals surface area contributed by atoms with Crippen molar-refractivity contribution in [1.29, 1.82) is 0 Å². The van der Waals surface area contributed by atoms with Crippen molar-refractivity contribution in [2.75, 3.05) is 36.6 Å². The Labute approximate surface area is 168 Å². The van der Waals surface area contributed by atoms with E-state index in [9.17, 15) is 4.79 Å². The highest BCUT2D eigenvalue weighted by atomic mass is 16.2. The molecule has 1 amide bonds. The Hall–Kier alpha value is -2.95. The van der Waals surface area contributed by atoms with Gasteiger partial charge in [-0.2, -0.15) is 0 Å². The molecule has 2 aromatic rings. The first-order valence-corrected chi connectivity index (χ1v) is 9.84. The molecule has 0 fully saturated rings. The van der Waals surface area contributed by atoms with E-state index < -0.39 is 0 Å². The summed E-state index contributed by atoms with van der Waals surface area (Å²) in [6, 6.07) is 18.2. The minimum absolute atomic E-state index is 0.129. The number of rotatable bonds is 8. The van der Waals surface area contributed by atoms with E-state index in [0.717, 1.165) is 35.8 Å². The van der Waals surface area contributed by atoms with Crippen LogP contribution in [0, 0.1) is 5.92 Å². The van der Waals surface area contributed by atoms with Crippen molar-refractivity contribution < 1.29 is 4.79 Å². The summed E-state index contributed by atoms with van der Waals surface area (Å²) in [5.74, 6) is 0.518. The van der Waals surface area contributed by atoms with E-state index in [2.05, 4.69) is 48.6 Å². The van der Waals surface area contributed by atoms with Gasteiger partial charge in [-0.1, -0.05) is 50.2 Å². The largest absolute Gasteiger partial charge is 0.372 e. The monoisotopic (exact) mass is 378 g/mol. The van der Waals surface area contributed by atoms with Gasteiger partial charge in [-0.15, -0.1) is 0 Å². The summed E-state index contributed by atoms with van der Waals surface area (Å²) in [6.45, 7) is 6.56. The quantitative estimate of drug-likeness (QED) is 0.740. The van der Waals surface area contributed by atoms with Crippen LogP contribution in [0.25, 0.3) is 0 Å². The van der Waals surface area contributed by atoms with Gasteiger partial charge < -0.3 is 20.4 Å². The molecule has 5 heteroatoms. The van der Waals surface area contributed by atoms with Gasteiger partial charge in [-0.25, -0.2) is 0 Å². The maximum absolute atomic E-state index is 13.1. The number of carbonyl (C=O) groups excluding carboxylic acids is 1. The lowest BCUT2D eigenvalue weighted by Gasteiger charge is -2.27. The maximum Gasteiger partial charge on any atom is 0.231 e. The zero-order valence-corrected chi connectivity index (χ0v) is 17.0. The topological polar surface area (TPSA) is 47.6 Å². The van der Waals surface area contributed by atoms with Crippen molar-refractivity contribution in [3.05, 3.63) is 72.1 Å². The predicted octanol–water partition coefficient (Wildman–Crippen LogP) is 3.35. The highest BCUT2D eigenvalue weighted by molar-refractivity contribution is 5.95. The molecule has 0 spiro atoms. The summed E-state index contributed by atoms with van der Waals surface area (Å²) in [5, 5.41) is 6.48. The van der Waals surface area contributed by atoms with E-state index in [0.29, 0.717) is 18.9 Å². The number of amides is 1. The van der Waals surface area contributed by atoms with Crippen LogP contribution in [0.3, 0.4) is 0 Å². The van der Waals surface area contributed by atoms with Crippen LogP contribution in [0.5, 0.6) is 0 Å². The second kappa shape index (κ2) is 9.31. The molecule has 2 N–H and O–H groups in total. The summed E-state index contributed by atoms with van der Waals surface area (Å²) in [6.07, 6.45) is 2.42. The van der Waals surface area contributed by atoms with Crippen molar-refractivity contribution in [3.63, 3.8) is 0 Å². The molecule has 0 atom stereocenters. The first-order valence-electron chi connectivity index (χ1n) is 9.84. The van der Waals surface area contributed by atoms with Crippen LogP contribution in [0.15, 0.2) is 66.5 Å². The number of carbonyl (C=O) groups is 1. The highest BCUT2D eigenvalue weighted by Crippen LogP contribution is 2.24. The number of nitrogens with one attached hydrogen (secondary N) is 2. The molecule has 0 saturated heterocycles. The highest BCUT2D eigenvalue weighted by Gasteiger charge is 2.18. The number of benzene rings is 2. The minimum Gasteiger partial charge on any atom is -0.372 e. The summed E-state index contributed by atoms with van der Waals surface area (Å²) < 4.78 is 0. The van der Waals surface area contributed by atoms with Crippen LogP contribution in [0.2, 0.25) is 0 Å². The van der Waals surface area contributed by atoms with Crippen LogP contribution in [-0.2, 0) is 11.2 Å². The number of anilines is 2. The molecule has 2 aromatic carbocycles. The lowest BCUT2D eigenvalue weighted by atomic mass is 10.1. The second-order valence-electron chi connectivity index (χ2n) is 7.66. The van der Waals surface area contributed by atoms with Gasteiger partial charge in [0.25, 0.3) is 0 Å². The maximum atomic E-state index is 13.1. The van der Waals surface area contributed by atoms with Crippen LogP contribution in [0.1, 0.15) is 19.4 Å². The Morgan fingerprint density at radius 1 is 1.07 bits per heavy atom. The van der Waals surface area contributed by atoms with Gasteiger partial charge in [0, 0.05) is 36.9 Å². The van der Waals surface area contributed by atoms with Crippen molar-refractivity contribution in [2.24, 2.45) is 5.92 Å². The average Bonchev–Trinajstić information content (AvgIpc) is 3.20. The molecule has 0 bridgehead atoms. The Morgan fingerprint density at radius 3 is 2.50 bits per heavy atom. The summed E-state index contributed by atoms with van der Waals surface area (Å²) in [7, 11) is 2.07. The molecular formula is C23H30N4O. The van der Waals surface area contributed by atoms with Crippen molar-refractivity contribution in [2.45, 2.75) is 20.3 Å². The van der Waals surface area contributed by atoms with Crippen LogP contribution in [0.4, 0.5) is 11.4 Å². The Kier molecular flexibility index (Phi) is 6.58. The Balaban J connectivity index is 1.78. The van der Waals surface area contributed by atoms with Gasteiger partial charge in [0.15, 0.2) is 0 Å². The van der Waals surface area contributed by atoms with E-state index in [1.807, 2.05) is 53.6 Å². The average molecular weight is 379 g/mol. The molecular weight excluding hydrogens is 348 g/mol. The zero-order chi connectivity index (χ0) is 19.9. The van der Waals surface area contributed by atoms with Gasteiger partial charge in [-0.05, 0) is 29.7 Å². The van der Waals surface area contributed by atoms with Gasteiger partial charge >= 0.3 is 0 Å². The van der Waals surface area contributed by atoms with Crippen molar-refractivity contribution >= 4 is 17.3 Å². The van der Waals surface area contributed by atoms with Crippen LogP contribution in [-0.4, -0.2) is 32.7 Å². The van der Waals surface area contributed by atoms with E-state index in [1.54, 1.807) is 0 Å². The standard InChI is InChI=1S/C23H30N4O/c1-18(2)15-27(23(28)12-19-8-5-4-6-9-19)22-11-7-10-21(13-22)26(3)16-20-14-24-17-25-20/h4-11,13-14,18,24-25H,12,15-17H2,1-3H3. The summed E-state index contributed by atoms with van der Waals surface area (Å²) in [5.41, 5.74) is 4.24. The lowest BCUT2D eigenvalue weighted by molar-refractivity contribution is -0.118. The molecule has 0 aromatic heterocycles. The molecule has 0 radical (unpaired) electrons. The molecule has 0 aliphatic carbocycles. The van der Waals surface area contributed by atoms with Crippen molar-refractivity contribution in [1.82, 2.24) is 10.6 Å². The number of likely N-dealkylation sites (N-methyl/N-ethyl adjacent to an activating group) is 1. The zero-order valence-electron chi connectivity index (χ0n) is 17.0. The molecule has 5 nitrogen and oxygen atoms in total. The van der Waals surface area contributed by atoms with Gasteiger partial charge in [0.2, 0.25) is 5.91 Å². The lowest BCUT2D eigenvalue weighted by Crippen LogP contribution is -2.35. The Bertz CT molecular complexity index is 816. The molecule has 3 rings (SSSR count). The van der Waals surface area contributed by atoms with Crippen LogP contribution >= 0.6 is 0 Å². The fourth-order valence-electron chi connectivity index (χ4n) is 3.32. The molecule has 1 aliphatic heterocycles. The summed E-state index contributed by atoms with van der Waals surface area (Å²) >= 11 is 0. The minimum atomic E-state index is 0.129. The van der Waals surface area contributed by atoms with Gasteiger partial charge in [0.1, 0.15) is 0 Å². The smallest absolute Gasteiger partial charge is 0.231 e. The molecule has 0 unspecified atom stereocenters. The SMILES string of the molecule is CC(C)CN(C(=O)Cc1ccccc1)c1cccc(N(C)CC2=CNCN2)c1. The number of hydrogen-bond acceptors (Lipinski definition) is 4. The molecule has 28 heavy (non-hydrogen) atoms.